The molecule has 4 heterocycles. The van der Waals surface area contributed by atoms with Gasteiger partial charge < -0.3 is 14.7 Å². The molecule has 1 aliphatic heterocycles. The Morgan fingerprint density at radius 2 is 1.86 bits per heavy atom. The number of alkyl halides is 1. The number of aliphatic hydroxyl groups is 1. The van der Waals surface area contributed by atoms with Gasteiger partial charge in [-0.1, -0.05) is 0 Å². The first-order chi connectivity index (χ1) is 17.7. The van der Waals surface area contributed by atoms with Crippen LogP contribution in [0.2, 0.25) is 0 Å². The van der Waals surface area contributed by atoms with E-state index in [1.807, 2.05) is 0 Å². The molecule has 1 saturated heterocycles. The van der Waals surface area contributed by atoms with Crippen LogP contribution < -0.4 is 9.64 Å². The summed E-state index contributed by atoms with van der Waals surface area (Å²) >= 11 is 0. The number of nitrogens with zero attached hydrogens (tertiary/aromatic N) is 6. The molecule has 1 fully saturated rings. The van der Waals surface area contributed by atoms with Crippen molar-refractivity contribution in [1.82, 2.24) is 24.7 Å². The van der Waals surface area contributed by atoms with Crippen molar-refractivity contribution in [3.05, 3.63) is 60.2 Å². The third-order valence-electron chi connectivity index (χ3n) is 6.16. The van der Waals surface area contributed by atoms with E-state index in [2.05, 4.69) is 15.0 Å². The van der Waals surface area contributed by atoms with Gasteiger partial charge in [-0.05, 0) is 32.0 Å². The van der Waals surface area contributed by atoms with Gasteiger partial charge in [-0.3, -0.25) is 4.98 Å². The molecule has 0 atom stereocenters. The maximum atomic E-state index is 14.0. The standard InChI is InChI=1S/C26H27F3N6O2/c1-26(2,36)11-18-10-21-22(13-30-18)33-25(24(32-21)16-12-31-35(14-16)15-27)34-7-5-19(6-8-34)37-23-4-3-17(28)9-20(23)29/h3-4,9-10,12-14,19,36H,5-8,11,15H2,1-2H3. The second kappa shape index (κ2) is 9.97. The molecule has 3 aromatic heterocycles. The maximum absolute atomic E-state index is 14.0. The molecule has 37 heavy (non-hydrogen) atoms. The molecule has 5 rings (SSSR count). The summed E-state index contributed by atoms with van der Waals surface area (Å²) in [6.07, 6.45) is 6.04. The first-order valence-corrected chi connectivity index (χ1v) is 12.0. The second-order valence-electron chi connectivity index (χ2n) is 9.82. The molecule has 4 aromatic rings. The van der Waals surface area contributed by atoms with Crippen LogP contribution in [-0.2, 0) is 13.2 Å². The highest BCUT2D eigenvalue weighted by Crippen LogP contribution is 2.32. The number of hydrogen-bond donors (Lipinski definition) is 1. The molecule has 0 bridgehead atoms. The minimum atomic E-state index is -0.928. The van der Waals surface area contributed by atoms with Gasteiger partial charge in [-0.25, -0.2) is 27.8 Å². The molecule has 0 aliphatic carbocycles. The van der Waals surface area contributed by atoms with Gasteiger partial charge in [0, 0.05) is 55.9 Å². The van der Waals surface area contributed by atoms with Crippen molar-refractivity contribution in [3.63, 3.8) is 0 Å². The summed E-state index contributed by atoms with van der Waals surface area (Å²) in [6, 6.07) is 5.07. The number of piperidine rings is 1. The zero-order chi connectivity index (χ0) is 26.2. The van der Waals surface area contributed by atoms with Gasteiger partial charge in [-0.2, -0.15) is 5.10 Å². The third kappa shape index (κ3) is 5.66. The van der Waals surface area contributed by atoms with Gasteiger partial charge in [0.05, 0.1) is 23.5 Å². The predicted octanol–water partition coefficient (Wildman–Crippen LogP) is 4.45. The van der Waals surface area contributed by atoms with E-state index in [4.69, 9.17) is 14.7 Å². The smallest absolute Gasteiger partial charge is 0.181 e. The highest BCUT2D eigenvalue weighted by atomic mass is 19.1. The summed E-state index contributed by atoms with van der Waals surface area (Å²) in [5.74, 6) is -0.752. The zero-order valence-electron chi connectivity index (χ0n) is 20.5. The summed E-state index contributed by atoms with van der Waals surface area (Å²) in [5.41, 5.74) is 2.11. The average Bonchev–Trinajstić information content (AvgIpc) is 3.34. The first kappa shape index (κ1) is 24.9. The molecular weight excluding hydrogens is 485 g/mol. The van der Waals surface area contributed by atoms with E-state index in [1.165, 1.54) is 16.8 Å². The number of fused-ring (bicyclic) bond motifs is 1. The van der Waals surface area contributed by atoms with Gasteiger partial charge in [0.25, 0.3) is 0 Å². The molecule has 194 valence electrons. The Morgan fingerprint density at radius 3 is 2.54 bits per heavy atom. The van der Waals surface area contributed by atoms with E-state index < -0.39 is 24.0 Å². The summed E-state index contributed by atoms with van der Waals surface area (Å²) < 4.78 is 47.4. The van der Waals surface area contributed by atoms with Gasteiger partial charge >= 0.3 is 0 Å². The van der Waals surface area contributed by atoms with E-state index in [0.29, 0.717) is 66.2 Å². The van der Waals surface area contributed by atoms with Crippen molar-refractivity contribution < 1.29 is 23.0 Å². The van der Waals surface area contributed by atoms with E-state index in [1.54, 1.807) is 38.5 Å². The predicted molar refractivity (Wildman–Crippen MR) is 132 cm³/mol. The fourth-order valence-electron chi connectivity index (χ4n) is 4.43. The number of anilines is 1. The van der Waals surface area contributed by atoms with Crippen LogP contribution in [0.15, 0.2) is 42.9 Å². The van der Waals surface area contributed by atoms with Crippen molar-refractivity contribution >= 4 is 16.9 Å². The van der Waals surface area contributed by atoms with E-state index in [9.17, 15) is 18.3 Å². The van der Waals surface area contributed by atoms with Crippen LogP contribution in [0, 0.1) is 11.6 Å². The maximum Gasteiger partial charge on any atom is 0.181 e. The lowest BCUT2D eigenvalue weighted by Gasteiger charge is -2.33. The normalized spacial score (nSPS) is 14.9. The van der Waals surface area contributed by atoms with Gasteiger partial charge in [-0.15, -0.1) is 0 Å². The van der Waals surface area contributed by atoms with Gasteiger partial charge in [0.15, 0.2) is 24.2 Å². The molecule has 0 spiro atoms. The quantitative estimate of drug-likeness (QED) is 0.391. The van der Waals surface area contributed by atoms with Crippen molar-refractivity contribution in [2.75, 3.05) is 18.0 Å². The fraction of sp³-hybridized carbons (Fsp3) is 0.385. The van der Waals surface area contributed by atoms with Crippen molar-refractivity contribution in [2.24, 2.45) is 0 Å². The molecule has 0 amide bonds. The van der Waals surface area contributed by atoms with Crippen LogP contribution in [0.5, 0.6) is 5.75 Å². The Bertz CT molecular complexity index is 1410. The van der Waals surface area contributed by atoms with Crippen molar-refractivity contribution in [2.45, 2.75) is 51.6 Å². The first-order valence-electron chi connectivity index (χ1n) is 12.0. The molecule has 1 aromatic carbocycles. The number of ether oxygens (including phenoxy) is 1. The Hall–Kier alpha value is -3.73. The summed E-state index contributed by atoms with van der Waals surface area (Å²) in [5, 5.41) is 14.2. The lowest BCUT2D eigenvalue weighted by molar-refractivity contribution is 0.0800. The van der Waals surface area contributed by atoms with Crippen LogP contribution in [0.4, 0.5) is 19.0 Å². The highest BCUT2D eigenvalue weighted by Gasteiger charge is 2.26. The molecule has 0 radical (unpaired) electrons. The average molecular weight is 513 g/mol. The Kier molecular flexibility index (Phi) is 6.72. The Balaban J connectivity index is 1.43. The largest absolute Gasteiger partial charge is 0.487 e. The van der Waals surface area contributed by atoms with Crippen LogP contribution >= 0.6 is 0 Å². The number of hydrogen-bond acceptors (Lipinski definition) is 7. The van der Waals surface area contributed by atoms with Gasteiger partial charge in [0.1, 0.15) is 23.1 Å². The molecule has 0 saturated carbocycles. The minimum Gasteiger partial charge on any atom is -0.487 e. The summed E-state index contributed by atoms with van der Waals surface area (Å²) in [7, 11) is 0. The lowest BCUT2D eigenvalue weighted by atomic mass is 10.0. The van der Waals surface area contributed by atoms with Crippen LogP contribution in [0.3, 0.4) is 0 Å². The van der Waals surface area contributed by atoms with E-state index >= 15 is 0 Å². The number of halogens is 3. The van der Waals surface area contributed by atoms with Crippen LogP contribution in [-0.4, -0.2) is 54.6 Å². The number of rotatable bonds is 7. The highest BCUT2D eigenvalue weighted by molar-refractivity contribution is 5.83. The number of benzene rings is 1. The van der Waals surface area contributed by atoms with Gasteiger partial charge in [0.2, 0.25) is 0 Å². The molecule has 8 nitrogen and oxygen atoms in total. The summed E-state index contributed by atoms with van der Waals surface area (Å²) in [4.78, 5) is 16.2. The van der Waals surface area contributed by atoms with E-state index in [0.717, 1.165) is 6.07 Å². The second-order valence-corrected chi connectivity index (χ2v) is 9.82. The molecule has 0 unspecified atom stereocenters. The van der Waals surface area contributed by atoms with E-state index in [-0.39, 0.29) is 11.9 Å². The molecule has 11 heteroatoms. The number of pyridine rings is 1. The van der Waals surface area contributed by atoms with Crippen molar-refractivity contribution in [3.8, 4) is 17.0 Å². The topological polar surface area (TPSA) is 89.2 Å². The molecular formula is C26H27F3N6O2. The Labute approximate surface area is 211 Å². The minimum absolute atomic E-state index is 0.0256. The monoisotopic (exact) mass is 512 g/mol. The Morgan fingerprint density at radius 1 is 1.08 bits per heavy atom. The SMILES string of the molecule is CC(C)(O)Cc1cc2nc(-c3cnn(CF)c3)c(N3CCC(Oc4ccc(F)cc4F)CC3)nc2cn1. The molecule has 1 N–H and O–H groups in total. The summed E-state index contributed by atoms with van der Waals surface area (Å²) in [6.45, 7) is 3.77. The van der Waals surface area contributed by atoms with Crippen LogP contribution in [0.1, 0.15) is 32.4 Å². The zero-order valence-corrected chi connectivity index (χ0v) is 20.5. The lowest BCUT2D eigenvalue weighted by Crippen LogP contribution is -2.39. The number of aromatic nitrogens is 5. The fourth-order valence-corrected chi connectivity index (χ4v) is 4.43. The molecule has 1 aliphatic rings. The van der Waals surface area contributed by atoms with Crippen LogP contribution in [0.25, 0.3) is 22.3 Å². The third-order valence-corrected chi connectivity index (χ3v) is 6.16. The van der Waals surface area contributed by atoms with Crippen molar-refractivity contribution in [1.29, 1.82) is 0 Å².